The number of carbonyl (C=O) groups is 11. The van der Waals surface area contributed by atoms with Crippen molar-refractivity contribution >= 4 is 99.3 Å². The number of nitrogens with two attached hydrogens (primary N) is 3. The highest BCUT2D eigenvalue weighted by Gasteiger charge is 2.40. The van der Waals surface area contributed by atoms with Gasteiger partial charge in [-0.3, -0.25) is 67.7 Å². The Morgan fingerprint density at radius 1 is 0.536 bits per heavy atom. The zero-order valence-corrected chi connectivity index (χ0v) is 62.9. The molecule has 31 nitrogen and oxygen atoms in total. The van der Waals surface area contributed by atoms with Crippen LogP contribution < -0.4 is 75.7 Å². The molecule has 5 aromatic carbocycles. The van der Waals surface area contributed by atoms with Crippen molar-refractivity contribution in [3.8, 4) is 5.75 Å². The minimum absolute atomic E-state index is 0.0315. The number of rotatable bonds is 41. The largest absolute Gasteiger partial charge is 0.508 e. The highest BCUT2D eigenvalue weighted by molar-refractivity contribution is 6.30. The summed E-state index contributed by atoms with van der Waals surface area (Å²) >= 11 is 6.26. The SMILES string of the molecule is CCN=C(NCC)NCCCC[C@@H](NC(=O)[C@H](Cc1ccc(O)cc1)NC(=O)[C@H](CO)NC(=O)[C@@H](Cc1cccnc1)NC(=O)[C@@H](Cc1ccc(Cl)cc1)NC(=O)[C@@H](Cc1ccc2ccccc2c1)NC(C)=O)C(=O)N[C@@H](Cc1ccccc1)C(=O)N[C@@H](CCCN=C(N)N)C(=O)N1CCC[C@H]1C(=O)N[C@H](C)C(N)=O. The lowest BCUT2D eigenvalue weighted by Gasteiger charge is -2.30. The Morgan fingerprint density at radius 3 is 1.58 bits per heavy atom. The summed E-state index contributed by atoms with van der Waals surface area (Å²) in [5.41, 5.74) is 19.4. The van der Waals surface area contributed by atoms with Crippen molar-refractivity contribution in [1.29, 1.82) is 0 Å². The van der Waals surface area contributed by atoms with Gasteiger partial charge in [-0.1, -0.05) is 115 Å². The number of phenols is 1. The molecule has 0 aliphatic carbocycles. The molecule has 0 radical (unpaired) electrons. The fourth-order valence-corrected chi connectivity index (χ4v) is 12.5. The maximum absolute atomic E-state index is 15.2. The van der Waals surface area contributed by atoms with E-state index in [1.165, 1.54) is 55.4 Å². The van der Waals surface area contributed by atoms with E-state index in [4.69, 9.17) is 28.8 Å². The second-order valence-electron chi connectivity index (χ2n) is 26.8. The molecule has 32 heteroatoms. The van der Waals surface area contributed by atoms with Crippen molar-refractivity contribution in [2.75, 3.05) is 39.3 Å². The molecule has 1 fully saturated rings. The van der Waals surface area contributed by atoms with Crippen LogP contribution in [0.15, 0.2) is 156 Å². The summed E-state index contributed by atoms with van der Waals surface area (Å²) < 4.78 is 0. The summed E-state index contributed by atoms with van der Waals surface area (Å²) in [5, 5.41) is 54.4. The van der Waals surface area contributed by atoms with E-state index < -0.39 is 132 Å². The number of aliphatic hydroxyl groups excluding tert-OH is 1. The number of amides is 11. The predicted octanol–water partition coefficient (Wildman–Crippen LogP) is 0.778. The van der Waals surface area contributed by atoms with Crippen molar-refractivity contribution in [1.82, 2.24) is 68.4 Å². The van der Waals surface area contributed by atoms with Crippen LogP contribution in [0.5, 0.6) is 5.75 Å². The van der Waals surface area contributed by atoms with Crippen molar-refractivity contribution in [3.05, 3.63) is 179 Å². The quantitative estimate of drug-likeness (QED) is 0.0143. The summed E-state index contributed by atoms with van der Waals surface area (Å²) in [7, 11) is 0. The number of aliphatic hydroxyl groups is 1. The van der Waals surface area contributed by atoms with Gasteiger partial charge in [0.15, 0.2) is 11.9 Å². The number of nitrogens with zero attached hydrogens (tertiary/aromatic N) is 4. The van der Waals surface area contributed by atoms with E-state index >= 15 is 14.4 Å². The van der Waals surface area contributed by atoms with Gasteiger partial charge in [0, 0.05) is 89.2 Å². The van der Waals surface area contributed by atoms with Crippen molar-refractivity contribution < 1.29 is 63.0 Å². The number of hydrogen-bond acceptors (Lipinski definition) is 16. The normalized spacial score (nSPS) is 15.1. The number of guanidine groups is 2. The maximum atomic E-state index is 15.2. The molecular formula is C78H101ClN18O13. The number of hydrogen-bond donors (Lipinski definition) is 16. The molecule has 10 atom stereocenters. The first-order chi connectivity index (χ1) is 52.8. The Morgan fingerprint density at radius 2 is 1.03 bits per heavy atom. The number of likely N-dealkylation sites (tertiary alicyclic amines) is 1. The molecule has 1 saturated heterocycles. The number of pyridine rings is 1. The van der Waals surface area contributed by atoms with Crippen LogP contribution in [0.4, 0.5) is 0 Å². The zero-order valence-electron chi connectivity index (χ0n) is 62.1. The Hall–Kier alpha value is -11.7. The van der Waals surface area contributed by atoms with E-state index in [9.17, 15) is 48.6 Å². The van der Waals surface area contributed by atoms with Gasteiger partial charge in [0.1, 0.15) is 66.2 Å². The molecule has 6 aromatic rings. The first-order valence-electron chi connectivity index (χ1n) is 36.7. The Balaban J connectivity index is 1.17. The highest BCUT2D eigenvalue weighted by atomic mass is 35.5. The Bertz CT molecular complexity index is 4160. The number of fused-ring (bicyclic) bond motifs is 1. The molecule has 11 amide bonds. The lowest BCUT2D eigenvalue weighted by Crippen LogP contribution is -2.61. The van der Waals surface area contributed by atoms with E-state index in [1.54, 1.807) is 66.7 Å². The standard InChI is InChI=1S/C78H101ClN18O13/c1-5-84-78(85-6-2)87-36-13-12-22-58(68(102)92-61(40-49-17-8-7-9-18-49)71(105)91-59(23-15-37-86-77(81)82)76(110)97-38-16-24-66(97)75(109)88-47(3)67(80)101)90-70(104)62(42-51-28-33-57(100)34-29-51)95-74(108)65(46-98)96-73(107)64(44-53-19-14-35-83-45-53)94-72(106)63(41-50-26-31-56(79)32-27-50)93-69(103)60(89-48(4)99)43-52-25-30-54-20-10-11-21-55(54)39-52/h7-11,14,17-21,25-35,39,45,47,58-66,98,100H,5-6,12-13,15-16,22-24,36-38,40-44,46H2,1-4H3,(H2,80,101)(H,88,109)(H,89,99)(H,90,104)(H,91,105)(H,92,102)(H,93,103)(H,94,106)(H,95,108)(H,96,107)(H4,81,82,86)(H2,84,85,87)/t47-,58-,59+,60-,61+,62+,63-,64-,65+,66+/m1/s1. The number of unbranched alkanes of at least 4 members (excludes halogenated alkanes) is 1. The van der Waals surface area contributed by atoms with Crippen molar-refractivity contribution in [2.24, 2.45) is 27.2 Å². The number of aromatic hydroxyl groups is 1. The number of phenolic OH excluding ortho intramolecular Hbond substituents is 1. The molecule has 588 valence electrons. The van der Waals surface area contributed by atoms with Gasteiger partial charge in [0.2, 0.25) is 65.0 Å². The third kappa shape index (κ3) is 27.8. The van der Waals surface area contributed by atoms with Crippen LogP contribution in [-0.4, -0.2) is 197 Å². The minimum atomic E-state index is -1.84. The van der Waals surface area contributed by atoms with Crippen LogP contribution >= 0.6 is 11.6 Å². The summed E-state index contributed by atoms with van der Waals surface area (Å²) in [6.45, 7) is 6.98. The van der Waals surface area contributed by atoms with E-state index in [0.29, 0.717) is 71.3 Å². The van der Waals surface area contributed by atoms with Gasteiger partial charge in [-0.25, -0.2) is 0 Å². The second kappa shape index (κ2) is 43.9. The van der Waals surface area contributed by atoms with E-state index in [-0.39, 0.29) is 89.0 Å². The van der Waals surface area contributed by atoms with Gasteiger partial charge >= 0.3 is 0 Å². The highest BCUT2D eigenvalue weighted by Crippen LogP contribution is 2.23. The number of nitrogens with one attached hydrogen (secondary N) is 11. The number of aliphatic imine (C=N–C) groups is 2. The van der Waals surface area contributed by atoms with Gasteiger partial charge < -0.3 is 90.8 Å². The summed E-state index contributed by atoms with van der Waals surface area (Å²) in [6, 6.07) is 23.4. The molecule has 7 rings (SSSR count). The van der Waals surface area contributed by atoms with Crippen LogP contribution in [0.2, 0.25) is 5.02 Å². The molecule has 0 spiro atoms. The first kappa shape index (κ1) is 85.5. The van der Waals surface area contributed by atoms with Crippen LogP contribution in [0.1, 0.15) is 100 Å². The van der Waals surface area contributed by atoms with Crippen LogP contribution in [-0.2, 0) is 84.8 Å². The average Bonchev–Trinajstić information content (AvgIpc) is 1.66. The fourth-order valence-electron chi connectivity index (χ4n) is 12.4. The first-order valence-corrected chi connectivity index (χ1v) is 37.1. The van der Waals surface area contributed by atoms with Gasteiger partial charge in [-0.05, 0) is 135 Å². The predicted molar refractivity (Wildman–Crippen MR) is 416 cm³/mol. The van der Waals surface area contributed by atoms with Gasteiger partial charge in [-0.2, -0.15) is 0 Å². The molecule has 0 saturated carbocycles. The third-order valence-corrected chi connectivity index (χ3v) is 18.4. The Labute approximate surface area is 643 Å². The van der Waals surface area contributed by atoms with Crippen LogP contribution in [0.25, 0.3) is 10.8 Å². The number of benzene rings is 5. The lowest BCUT2D eigenvalue weighted by molar-refractivity contribution is -0.142. The van der Waals surface area contributed by atoms with E-state index in [2.05, 4.69) is 73.5 Å². The number of primary amides is 1. The van der Waals surface area contributed by atoms with Crippen molar-refractivity contribution in [3.63, 3.8) is 0 Å². The summed E-state index contributed by atoms with van der Waals surface area (Å²) in [5.74, 6) is -8.71. The van der Waals surface area contributed by atoms with Crippen LogP contribution in [0, 0.1) is 0 Å². The number of halogens is 1. The number of carbonyl (C=O) groups excluding carboxylic acids is 11. The van der Waals surface area contributed by atoms with Gasteiger partial charge in [-0.15, -0.1) is 0 Å². The average molecular weight is 1530 g/mol. The molecule has 1 aliphatic heterocycles. The van der Waals surface area contributed by atoms with Gasteiger partial charge in [0.25, 0.3) is 0 Å². The molecular weight excluding hydrogens is 1430 g/mol. The molecule has 0 unspecified atom stereocenters. The molecule has 19 N–H and O–H groups in total. The zero-order chi connectivity index (χ0) is 79.7. The molecule has 1 aromatic heterocycles. The lowest BCUT2D eigenvalue weighted by atomic mass is 9.99. The molecule has 0 bridgehead atoms. The molecule has 1 aliphatic rings. The minimum Gasteiger partial charge on any atom is -0.508 e. The smallest absolute Gasteiger partial charge is 0.245 e. The molecule has 110 heavy (non-hydrogen) atoms. The third-order valence-electron chi connectivity index (χ3n) is 18.2. The summed E-state index contributed by atoms with van der Waals surface area (Å²) in [4.78, 5) is 171. The van der Waals surface area contributed by atoms with Gasteiger partial charge in [0.05, 0.1) is 6.61 Å². The van der Waals surface area contributed by atoms with E-state index in [0.717, 1.165) is 10.8 Å². The Kier molecular flexibility index (Phi) is 34.1. The maximum Gasteiger partial charge on any atom is 0.245 e. The van der Waals surface area contributed by atoms with Crippen LogP contribution in [0.3, 0.4) is 0 Å². The summed E-state index contributed by atoms with van der Waals surface area (Å²) in [6.07, 6.45) is 3.54. The monoisotopic (exact) mass is 1530 g/mol. The number of aromatic nitrogens is 1. The topological polar surface area (TPSA) is 479 Å². The second-order valence-corrected chi connectivity index (χ2v) is 27.2. The van der Waals surface area contributed by atoms with Crippen molar-refractivity contribution in [2.45, 2.75) is 165 Å². The fraction of sp³-hybridized carbons (Fsp3) is 0.410. The van der Waals surface area contributed by atoms with E-state index in [1.807, 2.05) is 56.3 Å². The molecule has 2 heterocycles.